The third-order valence-electron chi connectivity index (χ3n) is 3.16. The Morgan fingerprint density at radius 1 is 1.14 bits per heavy atom. The first-order valence-electron chi connectivity index (χ1n) is 6.30. The second kappa shape index (κ2) is 6.08. The molecule has 0 radical (unpaired) electrons. The second-order valence-corrected chi connectivity index (χ2v) is 7.31. The van der Waals surface area contributed by atoms with Crippen LogP contribution in [0.2, 0.25) is 5.02 Å². The molecule has 116 valence electrons. The molecule has 0 heterocycles. The zero-order valence-electron chi connectivity index (χ0n) is 11.9. The molecule has 0 spiro atoms. The molecule has 0 aliphatic carbocycles. The number of hydrogen-bond acceptors (Lipinski definition) is 3. The molecule has 0 saturated heterocycles. The number of carboxylic acids is 1. The molecule has 22 heavy (non-hydrogen) atoms. The lowest BCUT2D eigenvalue weighted by atomic mass is 10.0. The lowest BCUT2D eigenvalue weighted by molar-refractivity contribution is 0.0697. The zero-order chi connectivity index (χ0) is 16.5. The quantitative estimate of drug-likeness (QED) is 0.929. The highest BCUT2D eigenvalue weighted by Gasteiger charge is 2.22. The SMILES string of the molecule is CN(C)S(=O)(=O)c1ccccc1-c1ccc(C(=O)O)c(Cl)c1. The fraction of sp³-hybridized carbons (Fsp3) is 0.133. The number of aromatic carboxylic acids is 1. The minimum atomic E-state index is -3.62. The van der Waals surface area contributed by atoms with Crippen LogP contribution < -0.4 is 0 Å². The van der Waals surface area contributed by atoms with E-state index in [1.54, 1.807) is 24.3 Å². The summed E-state index contributed by atoms with van der Waals surface area (Å²) in [5.41, 5.74) is 0.976. The van der Waals surface area contributed by atoms with Crippen LogP contribution in [0.4, 0.5) is 0 Å². The van der Waals surface area contributed by atoms with Crippen molar-refractivity contribution in [3.8, 4) is 11.1 Å². The van der Waals surface area contributed by atoms with Crippen LogP contribution >= 0.6 is 11.6 Å². The van der Waals surface area contributed by atoms with Crippen molar-refractivity contribution in [1.82, 2.24) is 4.31 Å². The second-order valence-electron chi connectivity index (χ2n) is 4.78. The van der Waals surface area contributed by atoms with Gasteiger partial charge in [0.15, 0.2) is 0 Å². The number of halogens is 1. The molecular weight excluding hydrogens is 326 g/mol. The maximum atomic E-state index is 12.4. The minimum Gasteiger partial charge on any atom is -0.478 e. The molecule has 2 rings (SSSR count). The molecule has 0 bridgehead atoms. The summed E-state index contributed by atoms with van der Waals surface area (Å²) >= 11 is 5.96. The highest BCUT2D eigenvalue weighted by atomic mass is 35.5. The van der Waals surface area contributed by atoms with Gasteiger partial charge < -0.3 is 5.11 Å². The van der Waals surface area contributed by atoms with Crippen molar-refractivity contribution < 1.29 is 18.3 Å². The van der Waals surface area contributed by atoms with Gasteiger partial charge in [-0.2, -0.15) is 0 Å². The molecule has 7 heteroatoms. The van der Waals surface area contributed by atoms with Gasteiger partial charge in [0.25, 0.3) is 0 Å². The molecular formula is C15H14ClNO4S. The van der Waals surface area contributed by atoms with Crippen LogP contribution in [0.15, 0.2) is 47.4 Å². The Bertz CT molecular complexity index is 831. The topological polar surface area (TPSA) is 74.7 Å². The maximum Gasteiger partial charge on any atom is 0.337 e. The lowest BCUT2D eigenvalue weighted by Crippen LogP contribution is -2.22. The van der Waals surface area contributed by atoms with Gasteiger partial charge in [-0.15, -0.1) is 0 Å². The predicted molar refractivity (Wildman–Crippen MR) is 84.7 cm³/mol. The zero-order valence-corrected chi connectivity index (χ0v) is 13.5. The summed E-state index contributed by atoms with van der Waals surface area (Å²) < 4.78 is 25.9. The maximum absolute atomic E-state index is 12.4. The number of benzene rings is 2. The van der Waals surface area contributed by atoms with Crippen LogP contribution in [0.25, 0.3) is 11.1 Å². The fourth-order valence-corrected chi connectivity index (χ4v) is 3.35. The number of carboxylic acid groups (broad SMARTS) is 1. The van der Waals surface area contributed by atoms with Crippen LogP contribution in [0.5, 0.6) is 0 Å². The molecule has 0 amide bonds. The number of carbonyl (C=O) groups is 1. The van der Waals surface area contributed by atoms with Gasteiger partial charge in [0, 0.05) is 19.7 Å². The summed E-state index contributed by atoms with van der Waals surface area (Å²) in [4.78, 5) is 11.1. The van der Waals surface area contributed by atoms with Crippen molar-refractivity contribution in [2.24, 2.45) is 0 Å². The Morgan fingerprint density at radius 3 is 2.32 bits per heavy atom. The summed E-state index contributed by atoms with van der Waals surface area (Å²) in [5, 5.41) is 9.05. The number of rotatable bonds is 4. The third kappa shape index (κ3) is 2.99. The third-order valence-corrected chi connectivity index (χ3v) is 5.34. The lowest BCUT2D eigenvalue weighted by Gasteiger charge is -2.15. The van der Waals surface area contributed by atoms with E-state index in [9.17, 15) is 13.2 Å². The Kier molecular flexibility index (Phi) is 4.55. The van der Waals surface area contributed by atoms with Crippen molar-refractivity contribution >= 4 is 27.6 Å². The van der Waals surface area contributed by atoms with Crippen LogP contribution in [-0.4, -0.2) is 37.9 Å². The van der Waals surface area contributed by atoms with Crippen molar-refractivity contribution in [3.63, 3.8) is 0 Å². The van der Waals surface area contributed by atoms with Gasteiger partial charge in [-0.1, -0.05) is 35.9 Å². The van der Waals surface area contributed by atoms with Crippen LogP contribution in [0, 0.1) is 0 Å². The summed E-state index contributed by atoms with van der Waals surface area (Å²) in [6.07, 6.45) is 0. The van der Waals surface area contributed by atoms with Gasteiger partial charge >= 0.3 is 5.97 Å². The van der Waals surface area contributed by atoms with Gasteiger partial charge in [-0.3, -0.25) is 0 Å². The van der Waals surface area contributed by atoms with Gasteiger partial charge in [-0.05, 0) is 23.8 Å². The monoisotopic (exact) mass is 339 g/mol. The Labute approximate surface area is 133 Å². The average molecular weight is 340 g/mol. The Balaban J connectivity index is 2.65. The highest BCUT2D eigenvalue weighted by molar-refractivity contribution is 7.89. The molecule has 0 aliphatic heterocycles. The first-order valence-corrected chi connectivity index (χ1v) is 8.11. The average Bonchev–Trinajstić information content (AvgIpc) is 2.46. The first kappa shape index (κ1) is 16.5. The molecule has 0 saturated carbocycles. The van der Waals surface area contributed by atoms with Crippen LogP contribution in [-0.2, 0) is 10.0 Å². The summed E-state index contributed by atoms with van der Waals surface area (Å²) in [6.45, 7) is 0. The van der Waals surface area contributed by atoms with E-state index in [2.05, 4.69) is 0 Å². The molecule has 0 aromatic heterocycles. The number of nitrogens with zero attached hydrogens (tertiary/aromatic N) is 1. The van der Waals surface area contributed by atoms with Crippen molar-refractivity contribution in [3.05, 3.63) is 53.1 Å². The van der Waals surface area contributed by atoms with E-state index in [1.807, 2.05) is 0 Å². The molecule has 5 nitrogen and oxygen atoms in total. The van der Waals surface area contributed by atoms with E-state index >= 15 is 0 Å². The Hall–Kier alpha value is -1.89. The summed E-state index contributed by atoms with van der Waals surface area (Å²) in [7, 11) is -0.719. The molecule has 0 atom stereocenters. The van der Waals surface area contributed by atoms with Gasteiger partial charge in [0.1, 0.15) is 0 Å². The molecule has 0 aliphatic rings. The number of sulfonamides is 1. The fourth-order valence-electron chi connectivity index (χ4n) is 1.98. The van der Waals surface area contributed by atoms with Crippen molar-refractivity contribution in [1.29, 1.82) is 0 Å². The van der Waals surface area contributed by atoms with Gasteiger partial charge in [0.2, 0.25) is 10.0 Å². The van der Waals surface area contributed by atoms with E-state index in [0.717, 1.165) is 4.31 Å². The van der Waals surface area contributed by atoms with Crippen LogP contribution in [0.1, 0.15) is 10.4 Å². The minimum absolute atomic E-state index is 0.0293. The Morgan fingerprint density at radius 2 is 1.77 bits per heavy atom. The van der Waals surface area contributed by atoms with E-state index in [-0.39, 0.29) is 15.5 Å². The summed E-state index contributed by atoms with van der Waals surface area (Å²) in [6, 6.07) is 10.9. The molecule has 0 fully saturated rings. The normalized spacial score (nSPS) is 11.6. The molecule has 1 N–H and O–H groups in total. The van der Waals surface area contributed by atoms with E-state index in [0.29, 0.717) is 11.1 Å². The van der Waals surface area contributed by atoms with E-state index in [4.69, 9.17) is 16.7 Å². The standard InChI is InChI=1S/C15H14ClNO4S/c1-17(2)22(20,21)14-6-4-3-5-11(14)10-7-8-12(15(18)19)13(16)9-10/h3-9H,1-2H3,(H,18,19). The van der Waals surface area contributed by atoms with E-state index in [1.165, 1.54) is 32.3 Å². The van der Waals surface area contributed by atoms with Crippen LogP contribution in [0.3, 0.4) is 0 Å². The predicted octanol–water partition coefficient (Wildman–Crippen LogP) is 2.96. The van der Waals surface area contributed by atoms with Gasteiger partial charge in [-0.25, -0.2) is 17.5 Å². The molecule has 2 aromatic carbocycles. The summed E-state index contributed by atoms with van der Waals surface area (Å²) in [5.74, 6) is -1.13. The van der Waals surface area contributed by atoms with Crippen molar-refractivity contribution in [2.45, 2.75) is 4.90 Å². The van der Waals surface area contributed by atoms with Crippen molar-refractivity contribution in [2.75, 3.05) is 14.1 Å². The van der Waals surface area contributed by atoms with E-state index < -0.39 is 16.0 Å². The first-order chi connectivity index (χ1) is 10.2. The largest absolute Gasteiger partial charge is 0.478 e. The van der Waals surface area contributed by atoms with Gasteiger partial charge in [0.05, 0.1) is 15.5 Å². The number of hydrogen-bond donors (Lipinski definition) is 1. The molecule has 0 unspecified atom stereocenters. The smallest absolute Gasteiger partial charge is 0.337 e. The highest BCUT2D eigenvalue weighted by Crippen LogP contribution is 2.31. The molecule has 2 aromatic rings.